The highest BCUT2D eigenvalue weighted by atomic mass is 16.1. The van der Waals surface area contributed by atoms with Crippen LogP contribution >= 0.6 is 0 Å². The first-order valence-electron chi connectivity index (χ1n) is 6.86. The van der Waals surface area contributed by atoms with E-state index < -0.39 is 0 Å². The predicted molar refractivity (Wildman–Crippen MR) is 81.5 cm³/mol. The van der Waals surface area contributed by atoms with E-state index in [2.05, 4.69) is 15.4 Å². The standard InChI is InChI=1S/C16H13N5O/c1-2-13-9-14(20-15-7-8-18-21(13)15)16(22)19-12-5-3-11(10-17)4-6-12/h3-9H,2H2,1H3,(H,19,22). The minimum atomic E-state index is -0.289. The van der Waals surface area contributed by atoms with Gasteiger partial charge in [-0.25, -0.2) is 9.50 Å². The van der Waals surface area contributed by atoms with Crippen LogP contribution in [0, 0.1) is 11.3 Å². The second-order valence-electron chi connectivity index (χ2n) is 4.73. The van der Waals surface area contributed by atoms with Gasteiger partial charge < -0.3 is 5.32 Å². The third-order valence-electron chi connectivity index (χ3n) is 3.30. The Balaban J connectivity index is 1.89. The van der Waals surface area contributed by atoms with E-state index >= 15 is 0 Å². The summed E-state index contributed by atoms with van der Waals surface area (Å²) in [7, 11) is 0. The molecule has 6 heteroatoms. The topological polar surface area (TPSA) is 83.1 Å². The number of hydrogen-bond donors (Lipinski definition) is 1. The van der Waals surface area contributed by atoms with Gasteiger partial charge in [0, 0.05) is 17.4 Å². The maximum Gasteiger partial charge on any atom is 0.274 e. The van der Waals surface area contributed by atoms with E-state index in [-0.39, 0.29) is 5.91 Å². The third-order valence-corrected chi connectivity index (χ3v) is 3.30. The molecule has 0 aliphatic carbocycles. The van der Waals surface area contributed by atoms with E-state index in [1.165, 1.54) is 0 Å². The number of rotatable bonds is 3. The van der Waals surface area contributed by atoms with Crippen LogP contribution in [-0.4, -0.2) is 20.5 Å². The van der Waals surface area contributed by atoms with Crippen LogP contribution < -0.4 is 5.32 Å². The third kappa shape index (κ3) is 2.52. The van der Waals surface area contributed by atoms with Crippen LogP contribution in [0.25, 0.3) is 5.65 Å². The van der Waals surface area contributed by atoms with Crippen molar-refractivity contribution >= 4 is 17.2 Å². The Morgan fingerprint density at radius 3 is 2.77 bits per heavy atom. The molecule has 108 valence electrons. The molecule has 0 spiro atoms. The minimum absolute atomic E-state index is 0.289. The Morgan fingerprint density at radius 1 is 1.32 bits per heavy atom. The van der Waals surface area contributed by atoms with Crippen molar-refractivity contribution in [1.29, 1.82) is 5.26 Å². The van der Waals surface area contributed by atoms with Gasteiger partial charge >= 0.3 is 0 Å². The zero-order valence-corrected chi connectivity index (χ0v) is 11.9. The second-order valence-corrected chi connectivity index (χ2v) is 4.73. The lowest BCUT2D eigenvalue weighted by Crippen LogP contribution is -2.15. The van der Waals surface area contributed by atoms with Crippen LogP contribution in [0.2, 0.25) is 0 Å². The number of carbonyl (C=O) groups excluding carboxylic acids is 1. The highest BCUT2D eigenvalue weighted by Crippen LogP contribution is 2.12. The molecule has 0 saturated heterocycles. The molecule has 0 unspecified atom stereocenters. The second kappa shape index (κ2) is 5.66. The van der Waals surface area contributed by atoms with Crippen LogP contribution in [0.3, 0.4) is 0 Å². The van der Waals surface area contributed by atoms with Crippen molar-refractivity contribution in [3.05, 3.63) is 59.5 Å². The molecule has 6 nitrogen and oxygen atoms in total. The number of aromatic nitrogens is 3. The molecule has 1 N–H and O–H groups in total. The van der Waals surface area contributed by atoms with Gasteiger partial charge in [-0.15, -0.1) is 0 Å². The fraction of sp³-hybridized carbons (Fsp3) is 0.125. The molecule has 0 aliphatic heterocycles. The molecule has 0 radical (unpaired) electrons. The summed E-state index contributed by atoms with van der Waals surface area (Å²) in [6.07, 6.45) is 2.40. The summed E-state index contributed by atoms with van der Waals surface area (Å²) in [4.78, 5) is 16.6. The Kier molecular flexibility index (Phi) is 3.54. The van der Waals surface area contributed by atoms with Crippen molar-refractivity contribution in [2.24, 2.45) is 0 Å². The largest absolute Gasteiger partial charge is 0.321 e. The number of nitrogens with zero attached hydrogens (tertiary/aromatic N) is 4. The quantitative estimate of drug-likeness (QED) is 0.803. The number of anilines is 1. The van der Waals surface area contributed by atoms with Gasteiger partial charge in [0.25, 0.3) is 5.91 Å². The normalized spacial score (nSPS) is 10.4. The Labute approximate surface area is 127 Å². The van der Waals surface area contributed by atoms with E-state index in [1.54, 1.807) is 47.1 Å². The average Bonchev–Trinajstić information content (AvgIpc) is 3.03. The molecule has 0 bridgehead atoms. The molecular formula is C16H13N5O. The van der Waals surface area contributed by atoms with Crippen molar-refractivity contribution in [3.8, 4) is 6.07 Å². The minimum Gasteiger partial charge on any atom is -0.321 e. The zero-order valence-electron chi connectivity index (χ0n) is 11.9. The number of fused-ring (bicyclic) bond motifs is 1. The number of aryl methyl sites for hydroxylation is 1. The number of nitriles is 1. The van der Waals surface area contributed by atoms with Crippen LogP contribution in [0.1, 0.15) is 28.7 Å². The summed E-state index contributed by atoms with van der Waals surface area (Å²) in [6.45, 7) is 2.00. The van der Waals surface area contributed by atoms with Crippen molar-refractivity contribution in [1.82, 2.24) is 14.6 Å². The Hall–Kier alpha value is -3.20. The first-order valence-corrected chi connectivity index (χ1v) is 6.86. The van der Waals surface area contributed by atoms with Gasteiger partial charge in [-0.3, -0.25) is 4.79 Å². The highest BCUT2D eigenvalue weighted by Gasteiger charge is 2.12. The fourth-order valence-electron chi connectivity index (χ4n) is 2.17. The average molecular weight is 291 g/mol. The smallest absolute Gasteiger partial charge is 0.274 e. The molecule has 0 fully saturated rings. The molecule has 3 aromatic rings. The fourth-order valence-corrected chi connectivity index (χ4v) is 2.17. The summed E-state index contributed by atoms with van der Waals surface area (Å²) >= 11 is 0. The lowest BCUT2D eigenvalue weighted by molar-refractivity contribution is 0.102. The van der Waals surface area contributed by atoms with Crippen molar-refractivity contribution < 1.29 is 4.79 Å². The van der Waals surface area contributed by atoms with Gasteiger partial charge in [0.15, 0.2) is 5.65 Å². The number of amides is 1. The van der Waals surface area contributed by atoms with Gasteiger partial charge in [0.1, 0.15) is 5.69 Å². The van der Waals surface area contributed by atoms with Gasteiger partial charge in [0.2, 0.25) is 0 Å². The predicted octanol–water partition coefficient (Wildman–Crippen LogP) is 2.42. The lowest BCUT2D eigenvalue weighted by Gasteiger charge is -2.07. The summed E-state index contributed by atoms with van der Waals surface area (Å²) in [6, 6.07) is 12.2. The van der Waals surface area contributed by atoms with Crippen LogP contribution in [0.4, 0.5) is 5.69 Å². The molecule has 3 rings (SSSR count). The Bertz CT molecular complexity index is 874. The van der Waals surface area contributed by atoms with E-state index in [4.69, 9.17) is 5.26 Å². The highest BCUT2D eigenvalue weighted by molar-refractivity contribution is 6.03. The molecule has 1 aromatic carbocycles. The Morgan fingerprint density at radius 2 is 2.09 bits per heavy atom. The molecule has 0 saturated carbocycles. The number of hydrogen-bond acceptors (Lipinski definition) is 4. The summed E-state index contributed by atoms with van der Waals surface area (Å²) in [5.41, 5.74) is 3.07. The zero-order chi connectivity index (χ0) is 15.5. The van der Waals surface area contributed by atoms with E-state index in [0.29, 0.717) is 22.6 Å². The van der Waals surface area contributed by atoms with Crippen LogP contribution in [0.5, 0.6) is 0 Å². The van der Waals surface area contributed by atoms with Gasteiger partial charge in [-0.2, -0.15) is 10.4 Å². The number of carbonyl (C=O) groups is 1. The van der Waals surface area contributed by atoms with Crippen LogP contribution in [0.15, 0.2) is 42.6 Å². The van der Waals surface area contributed by atoms with E-state index in [0.717, 1.165) is 12.1 Å². The number of benzene rings is 1. The molecule has 1 amide bonds. The molecular weight excluding hydrogens is 278 g/mol. The number of nitrogens with one attached hydrogen (secondary N) is 1. The van der Waals surface area contributed by atoms with Crippen molar-refractivity contribution in [2.45, 2.75) is 13.3 Å². The van der Waals surface area contributed by atoms with E-state index in [9.17, 15) is 4.79 Å². The first kappa shape index (κ1) is 13.8. The van der Waals surface area contributed by atoms with E-state index in [1.807, 2.05) is 13.0 Å². The maximum atomic E-state index is 12.3. The van der Waals surface area contributed by atoms with Gasteiger partial charge in [-0.1, -0.05) is 6.92 Å². The van der Waals surface area contributed by atoms with Crippen molar-refractivity contribution in [2.75, 3.05) is 5.32 Å². The monoisotopic (exact) mass is 291 g/mol. The lowest BCUT2D eigenvalue weighted by atomic mass is 10.2. The molecule has 22 heavy (non-hydrogen) atoms. The molecule has 2 aromatic heterocycles. The van der Waals surface area contributed by atoms with Crippen molar-refractivity contribution in [3.63, 3.8) is 0 Å². The maximum absolute atomic E-state index is 12.3. The van der Waals surface area contributed by atoms with Gasteiger partial charge in [0.05, 0.1) is 17.8 Å². The molecule has 2 heterocycles. The SMILES string of the molecule is CCc1cc(C(=O)Nc2ccc(C#N)cc2)nc2ccnn12. The van der Waals surface area contributed by atoms with Crippen LogP contribution in [-0.2, 0) is 6.42 Å². The summed E-state index contributed by atoms with van der Waals surface area (Å²) in [5, 5.41) is 15.7. The molecule has 0 aliphatic rings. The molecule has 0 atom stereocenters. The summed E-state index contributed by atoms with van der Waals surface area (Å²) < 4.78 is 1.72. The van der Waals surface area contributed by atoms with Gasteiger partial charge in [-0.05, 0) is 36.8 Å². The first-order chi connectivity index (χ1) is 10.7. The summed E-state index contributed by atoms with van der Waals surface area (Å²) in [5.74, 6) is -0.289.